The number of hydrogen-bond acceptors (Lipinski definition) is 1. The van der Waals surface area contributed by atoms with E-state index in [2.05, 4.69) is 19.2 Å². The second kappa shape index (κ2) is 5.01. The first kappa shape index (κ1) is 11.8. The highest BCUT2D eigenvalue weighted by Crippen LogP contribution is 2.35. The molecular weight excluding hydrogens is 198 g/mol. The molecule has 82 valence electrons. The second-order valence-electron chi connectivity index (χ2n) is 4.52. The Hall–Kier alpha value is -0.240. The van der Waals surface area contributed by atoms with Crippen molar-refractivity contribution in [1.29, 1.82) is 0 Å². The molecule has 0 spiro atoms. The first-order valence-corrected chi connectivity index (χ1v) is 5.92. The molecule has 1 saturated carbocycles. The molecule has 0 radical (unpaired) electrons. The van der Waals surface area contributed by atoms with Crippen molar-refractivity contribution in [2.75, 3.05) is 5.88 Å². The Bertz CT molecular complexity index is 207. The van der Waals surface area contributed by atoms with Gasteiger partial charge in [-0.1, -0.05) is 13.8 Å². The van der Waals surface area contributed by atoms with Crippen LogP contribution in [0.4, 0.5) is 0 Å². The molecular formula is C11H20ClNO. The number of carbonyl (C=O) groups excluding carboxylic acids is 1. The van der Waals surface area contributed by atoms with Gasteiger partial charge in [0.1, 0.15) is 0 Å². The SMILES string of the molecule is CC(=O)NC1CCC(CCl)C(C)[C@H]1C. The normalized spacial score (nSPS) is 38.0. The first-order chi connectivity index (χ1) is 6.56. The van der Waals surface area contributed by atoms with Gasteiger partial charge in [0.25, 0.3) is 0 Å². The zero-order valence-corrected chi connectivity index (χ0v) is 9.97. The lowest BCUT2D eigenvalue weighted by Gasteiger charge is -2.39. The molecule has 1 N–H and O–H groups in total. The van der Waals surface area contributed by atoms with Crippen LogP contribution in [0.5, 0.6) is 0 Å². The molecule has 1 aliphatic carbocycles. The minimum Gasteiger partial charge on any atom is -0.353 e. The highest BCUT2D eigenvalue weighted by molar-refractivity contribution is 6.18. The van der Waals surface area contributed by atoms with Crippen molar-refractivity contribution < 1.29 is 4.79 Å². The fourth-order valence-electron chi connectivity index (χ4n) is 2.40. The molecule has 0 aromatic rings. The number of alkyl halides is 1. The summed E-state index contributed by atoms with van der Waals surface area (Å²) in [5.74, 6) is 2.60. The van der Waals surface area contributed by atoms with E-state index in [9.17, 15) is 4.79 Å². The van der Waals surface area contributed by atoms with Crippen LogP contribution in [0.2, 0.25) is 0 Å². The van der Waals surface area contributed by atoms with Gasteiger partial charge in [-0.15, -0.1) is 11.6 Å². The standard InChI is InChI=1S/C11H20ClNO/c1-7-8(2)11(13-9(3)14)5-4-10(7)6-12/h7-8,10-11H,4-6H2,1-3H3,(H,13,14)/t7?,8-,10?,11?/m1/s1. The smallest absolute Gasteiger partial charge is 0.217 e. The molecule has 3 unspecified atom stereocenters. The van der Waals surface area contributed by atoms with Gasteiger partial charge in [-0.25, -0.2) is 0 Å². The molecule has 0 bridgehead atoms. The van der Waals surface area contributed by atoms with Crippen LogP contribution in [0.1, 0.15) is 33.6 Å². The average Bonchev–Trinajstić information content (AvgIpc) is 2.13. The number of nitrogens with one attached hydrogen (secondary N) is 1. The van der Waals surface area contributed by atoms with Crippen LogP contribution in [-0.4, -0.2) is 17.8 Å². The van der Waals surface area contributed by atoms with Gasteiger partial charge in [0.2, 0.25) is 5.91 Å². The quantitative estimate of drug-likeness (QED) is 0.708. The van der Waals surface area contributed by atoms with Gasteiger partial charge < -0.3 is 5.32 Å². The fraction of sp³-hybridized carbons (Fsp3) is 0.909. The van der Waals surface area contributed by atoms with Gasteiger partial charge in [-0.05, 0) is 30.6 Å². The predicted molar refractivity (Wildman–Crippen MR) is 59.4 cm³/mol. The molecule has 1 aliphatic rings. The van der Waals surface area contributed by atoms with Crippen LogP contribution in [0.3, 0.4) is 0 Å². The van der Waals surface area contributed by atoms with Crippen molar-refractivity contribution in [3.05, 3.63) is 0 Å². The largest absolute Gasteiger partial charge is 0.353 e. The molecule has 4 atom stereocenters. The number of rotatable bonds is 2. The highest BCUT2D eigenvalue weighted by atomic mass is 35.5. The zero-order chi connectivity index (χ0) is 10.7. The van der Waals surface area contributed by atoms with E-state index in [1.807, 2.05) is 0 Å². The number of halogens is 1. The van der Waals surface area contributed by atoms with Gasteiger partial charge in [0.15, 0.2) is 0 Å². The highest BCUT2D eigenvalue weighted by Gasteiger charge is 2.33. The third kappa shape index (κ3) is 2.63. The number of hydrogen-bond donors (Lipinski definition) is 1. The Morgan fingerprint density at radius 3 is 2.50 bits per heavy atom. The molecule has 2 nitrogen and oxygen atoms in total. The third-order valence-corrected chi connectivity index (χ3v) is 4.04. The molecule has 1 amide bonds. The van der Waals surface area contributed by atoms with E-state index in [-0.39, 0.29) is 5.91 Å². The Labute approximate surface area is 91.4 Å². The molecule has 14 heavy (non-hydrogen) atoms. The maximum Gasteiger partial charge on any atom is 0.217 e. The van der Waals surface area contributed by atoms with Crippen molar-refractivity contribution in [2.24, 2.45) is 17.8 Å². The van der Waals surface area contributed by atoms with E-state index in [4.69, 9.17) is 11.6 Å². The van der Waals surface area contributed by atoms with Crippen LogP contribution in [0, 0.1) is 17.8 Å². The minimum absolute atomic E-state index is 0.0818. The Balaban J connectivity index is 2.54. The summed E-state index contributed by atoms with van der Waals surface area (Å²) in [6.45, 7) is 6.04. The van der Waals surface area contributed by atoms with Crippen LogP contribution in [-0.2, 0) is 4.79 Å². The molecule has 1 fully saturated rings. The maximum absolute atomic E-state index is 11.0. The van der Waals surface area contributed by atoms with Crippen molar-refractivity contribution in [3.8, 4) is 0 Å². The van der Waals surface area contributed by atoms with Crippen molar-refractivity contribution in [2.45, 2.75) is 39.7 Å². The van der Waals surface area contributed by atoms with E-state index < -0.39 is 0 Å². The van der Waals surface area contributed by atoms with E-state index in [0.29, 0.717) is 23.8 Å². The minimum atomic E-state index is 0.0818. The number of carbonyl (C=O) groups is 1. The lowest BCUT2D eigenvalue weighted by molar-refractivity contribution is -0.120. The molecule has 0 heterocycles. The van der Waals surface area contributed by atoms with E-state index in [1.54, 1.807) is 6.92 Å². The van der Waals surface area contributed by atoms with E-state index in [0.717, 1.165) is 18.7 Å². The summed E-state index contributed by atoms with van der Waals surface area (Å²) in [6, 6.07) is 0.349. The second-order valence-corrected chi connectivity index (χ2v) is 4.83. The summed E-state index contributed by atoms with van der Waals surface area (Å²) in [5, 5.41) is 3.02. The lowest BCUT2D eigenvalue weighted by Crippen LogP contribution is -2.45. The monoisotopic (exact) mass is 217 g/mol. The van der Waals surface area contributed by atoms with E-state index >= 15 is 0 Å². The third-order valence-electron chi connectivity index (χ3n) is 3.64. The van der Waals surface area contributed by atoms with Gasteiger partial charge in [-0.3, -0.25) is 4.79 Å². The van der Waals surface area contributed by atoms with Crippen LogP contribution in [0.15, 0.2) is 0 Å². The van der Waals surface area contributed by atoms with Gasteiger partial charge in [-0.2, -0.15) is 0 Å². The fourth-order valence-corrected chi connectivity index (χ4v) is 2.83. The predicted octanol–water partition coefficient (Wildman–Crippen LogP) is 2.41. The zero-order valence-electron chi connectivity index (χ0n) is 9.22. The molecule has 3 heteroatoms. The van der Waals surface area contributed by atoms with Crippen molar-refractivity contribution >= 4 is 17.5 Å². The topological polar surface area (TPSA) is 29.1 Å². The van der Waals surface area contributed by atoms with E-state index in [1.165, 1.54) is 0 Å². The summed E-state index contributed by atoms with van der Waals surface area (Å²) < 4.78 is 0. The molecule has 0 aromatic heterocycles. The summed E-state index contributed by atoms with van der Waals surface area (Å²) >= 11 is 5.91. The van der Waals surface area contributed by atoms with Crippen LogP contribution < -0.4 is 5.32 Å². The van der Waals surface area contributed by atoms with Gasteiger partial charge >= 0.3 is 0 Å². The Morgan fingerprint density at radius 2 is 2.00 bits per heavy atom. The summed E-state index contributed by atoms with van der Waals surface area (Å²) in [6.07, 6.45) is 2.21. The van der Waals surface area contributed by atoms with Crippen molar-refractivity contribution in [3.63, 3.8) is 0 Å². The molecule has 0 aromatic carbocycles. The molecule has 0 saturated heterocycles. The Morgan fingerprint density at radius 1 is 1.36 bits per heavy atom. The van der Waals surface area contributed by atoms with Crippen molar-refractivity contribution in [1.82, 2.24) is 5.32 Å². The summed E-state index contributed by atoms with van der Waals surface area (Å²) in [7, 11) is 0. The van der Waals surface area contributed by atoms with Gasteiger partial charge in [0, 0.05) is 18.8 Å². The maximum atomic E-state index is 11.0. The van der Waals surface area contributed by atoms with Crippen LogP contribution >= 0.6 is 11.6 Å². The summed E-state index contributed by atoms with van der Waals surface area (Å²) in [5.41, 5.74) is 0. The van der Waals surface area contributed by atoms with Crippen LogP contribution in [0.25, 0.3) is 0 Å². The lowest BCUT2D eigenvalue weighted by atomic mass is 9.72. The van der Waals surface area contributed by atoms with Gasteiger partial charge in [0.05, 0.1) is 0 Å². The number of amides is 1. The molecule has 1 rings (SSSR count). The molecule has 0 aliphatic heterocycles. The first-order valence-electron chi connectivity index (χ1n) is 5.39. The average molecular weight is 218 g/mol. The Kier molecular flexibility index (Phi) is 4.24. The summed E-state index contributed by atoms with van der Waals surface area (Å²) in [4.78, 5) is 11.0.